The predicted octanol–water partition coefficient (Wildman–Crippen LogP) is 5.62. The molecule has 0 aliphatic rings. The summed E-state index contributed by atoms with van der Waals surface area (Å²) >= 11 is 1.70. The predicted molar refractivity (Wildman–Crippen MR) is 110 cm³/mol. The molecule has 1 heterocycles. The molecule has 1 atom stereocenters. The molecule has 1 aromatic heterocycles. The van der Waals surface area contributed by atoms with Crippen LogP contribution in [0.15, 0.2) is 53.9 Å². The van der Waals surface area contributed by atoms with Crippen LogP contribution in [-0.4, -0.2) is 12.0 Å². The third-order valence-corrected chi connectivity index (χ3v) is 5.41. The molecule has 2 aromatic carbocycles. The molecule has 3 aromatic rings. The molecule has 1 N–H and O–H groups in total. The molecule has 136 valence electrons. The van der Waals surface area contributed by atoms with Gasteiger partial charge < -0.3 is 10.1 Å². The Hall–Kier alpha value is -2.17. The van der Waals surface area contributed by atoms with Crippen molar-refractivity contribution in [2.24, 2.45) is 0 Å². The van der Waals surface area contributed by atoms with Crippen molar-refractivity contribution in [3.05, 3.63) is 70.0 Å². The molecule has 0 fully saturated rings. The van der Waals surface area contributed by atoms with Gasteiger partial charge in [-0.1, -0.05) is 44.2 Å². The van der Waals surface area contributed by atoms with E-state index in [0.717, 1.165) is 35.0 Å². The van der Waals surface area contributed by atoms with E-state index in [4.69, 9.17) is 9.72 Å². The summed E-state index contributed by atoms with van der Waals surface area (Å²) < 4.78 is 6.15. The first-order chi connectivity index (χ1) is 12.7. The Kier molecular flexibility index (Phi) is 6.42. The number of hydrogen-bond acceptors (Lipinski definition) is 4. The molecule has 3 rings (SSSR count). The van der Waals surface area contributed by atoms with Crippen LogP contribution in [0.1, 0.15) is 42.3 Å². The molecule has 0 bridgehead atoms. The number of thiazole rings is 1. The fourth-order valence-corrected chi connectivity index (χ4v) is 3.67. The zero-order valence-corrected chi connectivity index (χ0v) is 16.5. The van der Waals surface area contributed by atoms with Crippen molar-refractivity contribution in [2.75, 3.05) is 7.05 Å². The summed E-state index contributed by atoms with van der Waals surface area (Å²) in [5.74, 6) is 1.41. The van der Waals surface area contributed by atoms with Crippen molar-refractivity contribution in [3.8, 4) is 17.0 Å². The van der Waals surface area contributed by atoms with E-state index in [1.165, 1.54) is 11.1 Å². The summed E-state index contributed by atoms with van der Waals surface area (Å²) in [6, 6.07) is 16.8. The van der Waals surface area contributed by atoms with Crippen LogP contribution in [0.25, 0.3) is 11.3 Å². The van der Waals surface area contributed by atoms with Crippen molar-refractivity contribution in [1.29, 1.82) is 0 Å². The lowest BCUT2D eigenvalue weighted by atomic mass is 9.95. The Balaban J connectivity index is 1.85. The first-order valence-electron chi connectivity index (χ1n) is 9.11. The van der Waals surface area contributed by atoms with E-state index in [0.29, 0.717) is 12.5 Å². The van der Waals surface area contributed by atoms with Gasteiger partial charge in [-0.2, -0.15) is 0 Å². The number of nitrogens with one attached hydrogen (secondary N) is 1. The van der Waals surface area contributed by atoms with E-state index in [1.807, 2.05) is 25.2 Å². The quantitative estimate of drug-likeness (QED) is 0.562. The summed E-state index contributed by atoms with van der Waals surface area (Å²) in [4.78, 5) is 4.73. The molecule has 0 spiro atoms. The van der Waals surface area contributed by atoms with Gasteiger partial charge >= 0.3 is 0 Å². The number of aromatic nitrogens is 1. The van der Waals surface area contributed by atoms with Gasteiger partial charge in [-0.3, -0.25) is 0 Å². The summed E-state index contributed by atoms with van der Waals surface area (Å²) in [6.45, 7) is 5.86. The van der Waals surface area contributed by atoms with E-state index < -0.39 is 0 Å². The summed E-state index contributed by atoms with van der Waals surface area (Å²) in [5.41, 5.74) is 4.64. The summed E-state index contributed by atoms with van der Waals surface area (Å²) in [6.07, 6.45) is 1.08. The molecular formula is C22H26N2OS. The van der Waals surface area contributed by atoms with Gasteiger partial charge in [0.1, 0.15) is 17.4 Å². The van der Waals surface area contributed by atoms with E-state index >= 15 is 0 Å². The van der Waals surface area contributed by atoms with Gasteiger partial charge in [0, 0.05) is 17.5 Å². The van der Waals surface area contributed by atoms with Crippen LogP contribution in [0.2, 0.25) is 0 Å². The second kappa shape index (κ2) is 8.97. The topological polar surface area (TPSA) is 34.2 Å². The fraction of sp³-hybridized carbons (Fsp3) is 0.318. The van der Waals surface area contributed by atoms with Crippen LogP contribution in [-0.2, 0) is 13.2 Å². The second-order valence-corrected chi connectivity index (χ2v) is 7.44. The number of benzene rings is 2. The number of rotatable bonds is 8. The van der Waals surface area contributed by atoms with Gasteiger partial charge in [0.05, 0.1) is 5.69 Å². The lowest BCUT2D eigenvalue weighted by molar-refractivity contribution is 0.301. The minimum atomic E-state index is 0.441. The maximum atomic E-state index is 6.15. The van der Waals surface area contributed by atoms with Crippen molar-refractivity contribution >= 4 is 11.3 Å². The molecule has 0 aliphatic heterocycles. The fourth-order valence-electron chi connectivity index (χ4n) is 2.86. The molecule has 0 saturated heterocycles. The standard InChI is InChI=1S/C22H26N2OS/c1-4-16(2)19-12-18(20-15-26-22(24-20)13-23-3)10-11-21(19)25-14-17-8-6-5-7-9-17/h5-12,15-16,23H,4,13-14H2,1-3H3. The smallest absolute Gasteiger partial charge is 0.123 e. The normalized spacial score (nSPS) is 12.1. The maximum absolute atomic E-state index is 6.15. The first-order valence-corrected chi connectivity index (χ1v) is 9.99. The average molecular weight is 367 g/mol. The van der Waals surface area contributed by atoms with Crippen LogP contribution >= 0.6 is 11.3 Å². The zero-order chi connectivity index (χ0) is 18.4. The number of ether oxygens (including phenoxy) is 1. The monoisotopic (exact) mass is 366 g/mol. The van der Waals surface area contributed by atoms with Gasteiger partial charge in [-0.05, 0) is 48.7 Å². The van der Waals surface area contributed by atoms with Gasteiger partial charge in [0.25, 0.3) is 0 Å². The highest BCUT2D eigenvalue weighted by Gasteiger charge is 2.14. The van der Waals surface area contributed by atoms with E-state index in [-0.39, 0.29) is 0 Å². The van der Waals surface area contributed by atoms with Crippen molar-refractivity contribution in [3.63, 3.8) is 0 Å². The number of hydrogen-bond donors (Lipinski definition) is 1. The minimum Gasteiger partial charge on any atom is -0.489 e. The zero-order valence-electron chi connectivity index (χ0n) is 15.7. The van der Waals surface area contributed by atoms with E-state index in [2.05, 4.69) is 54.9 Å². The first kappa shape index (κ1) is 18.6. The molecule has 0 saturated carbocycles. The largest absolute Gasteiger partial charge is 0.489 e. The van der Waals surface area contributed by atoms with Gasteiger partial charge in [-0.25, -0.2) is 4.98 Å². The Morgan fingerprint density at radius 1 is 1.15 bits per heavy atom. The Labute approximate surface area is 160 Å². The third kappa shape index (κ3) is 4.51. The highest BCUT2D eigenvalue weighted by Crippen LogP contribution is 2.34. The lowest BCUT2D eigenvalue weighted by Crippen LogP contribution is -2.04. The van der Waals surface area contributed by atoms with Crippen LogP contribution in [0.3, 0.4) is 0 Å². The maximum Gasteiger partial charge on any atom is 0.123 e. The molecule has 0 aliphatic carbocycles. The van der Waals surface area contributed by atoms with Gasteiger partial charge in [0.2, 0.25) is 0 Å². The molecule has 0 radical (unpaired) electrons. The molecule has 26 heavy (non-hydrogen) atoms. The Morgan fingerprint density at radius 3 is 2.69 bits per heavy atom. The lowest BCUT2D eigenvalue weighted by Gasteiger charge is -2.17. The molecule has 3 nitrogen and oxygen atoms in total. The van der Waals surface area contributed by atoms with Crippen LogP contribution in [0.5, 0.6) is 5.75 Å². The Morgan fingerprint density at radius 2 is 1.96 bits per heavy atom. The molecular weight excluding hydrogens is 340 g/mol. The third-order valence-electron chi connectivity index (χ3n) is 4.57. The second-order valence-electron chi connectivity index (χ2n) is 6.49. The van der Waals surface area contributed by atoms with Crippen LogP contribution in [0, 0.1) is 0 Å². The molecule has 4 heteroatoms. The van der Waals surface area contributed by atoms with E-state index in [9.17, 15) is 0 Å². The Bertz CT molecular complexity index is 829. The molecule has 0 amide bonds. The highest BCUT2D eigenvalue weighted by atomic mass is 32.1. The SMILES string of the molecule is CCC(C)c1cc(-c2csc(CNC)n2)ccc1OCc1ccccc1. The highest BCUT2D eigenvalue weighted by molar-refractivity contribution is 7.09. The average Bonchev–Trinajstić information content (AvgIpc) is 3.15. The van der Waals surface area contributed by atoms with E-state index in [1.54, 1.807) is 11.3 Å². The number of nitrogens with zero attached hydrogens (tertiary/aromatic N) is 1. The van der Waals surface area contributed by atoms with Crippen molar-refractivity contribution < 1.29 is 4.74 Å². The minimum absolute atomic E-state index is 0.441. The van der Waals surface area contributed by atoms with Gasteiger partial charge in [0.15, 0.2) is 0 Å². The van der Waals surface area contributed by atoms with Crippen LogP contribution in [0.4, 0.5) is 0 Å². The van der Waals surface area contributed by atoms with Crippen molar-refractivity contribution in [1.82, 2.24) is 10.3 Å². The van der Waals surface area contributed by atoms with Crippen molar-refractivity contribution in [2.45, 2.75) is 39.3 Å². The summed E-state index contributed by atoms with van der Waals surface area (Å²) in [7, 11) is 1.95. The summed E-state index contributed by atoms with van der Waals surface area (Å²) in [5, 5.41) is 6.40. The van der Waals surface area contributed by atoms with Crippen LogP contribution < -0.4 is 10.1 Å². The molecule has 1 unspecified atom stereocenters. The van der Waals surface area contributed by atoms with Gasteiger partial charge in [-0.15, -0.1) is 11.3 Å².